The second kappa shape index (κ2) is 7.18. The van der Waals surface area contributed by atoms with Crippen LogP contribution in [0.5, 0.6) is 0 Å². The highest BCUT2D eigenvalue weighted by Gasteiger charge is 2.03. The number of aryl methyl sites for hydroxylation is 1. The van der Waals surface area contributed by atoms with Crippen molar-refractivity contribution in [1.82, 2.24) is 0 Å². The van der Waals surface area contributed by atoms with Crippen molar-refractivity contribution in [1.29, 1.82) is 0 Å². The third kappa shape index (κ3) is 5.08. The molecule has 2 N–H and O–H groups in total. The monoisotopic (exact) mass is 219 g/mol. The summed E-state index contributed by atoms with van der Waals surface area (Å²) in [6, 6.07) is 8.16. The van der Waals surface area contributed by atoms with Crippen LogP contribution in [-0.4, -0.2) is 12.3 Å². The zero-order valence-electron chi connectivity index (χ0n) is 10.0. The molecule has 0 aromatic heterocycles. The standard InChI is InChI=1S/C14H21NO/c1-12-6-5-7-13(10-12)11-14(16)8-3-2-4-9-15/h5-7,10H,2-4,8-9,11,15H2,1H3. The largest absolute Gasteiger partial charge is 0.330 e. The molecule has 0 aliphatic heterocycles. The topological polar surface area (TPSA) is 43.1 Å². The van der Waals surface area contributed by atoms with Crippen molar-refractivity contribution in [3.63, 3.8) is 0 Å². The van der Waals surface area contributed by atoms with E-state index in [9.17, 15) is 4.79 Å². The summed E-state index contributed by atoms with van der Waals surface area (Å²) in [4.78, 5) is 11.7. The lowest BCUT2D eigenvalue weighted by atomic mass is 10.0. The molecule has 2 nitrogen and oxygen atoms in total. The maximum atomic E-state index is 11.7. The lowest BCUT2D eigenvalue weighted by Crippen LogP contribution is -2.04. The molecule has 0 radical (unpaired) electrons. The molecule has 0 fully saturated rings. The van der Waals surface area contributed by atoms with Gasteiger partial charge in [0.05, 0.1) is 0 Å². The van der Waals surface area contributed by atoms with E-state index in [0.29, 0.717) is 18.6 Å². The van der Waals surface area contributed by atoms with Gasteiger partial charge in [0.15, 0.2) is 0 Å². The van der Waals surface area contributed by atoms with Gasteiger partial charge < -0.3 is 5.73 Å². The molecular weight excluding hydrogens is 198 g/mol. The van der Waals surface area contributed by atoms with Crippen molar-refractivity contribution < 1.29 is 4.79 Å². The SMILES string of the molecule is Cc1cccc(CC(=O)CCCCCN)c1. The first-order valence-corrected chi connectivity index (χ1v) is 5.99. The number of benzene rings is 1. The normalized spacial score (nSPS) is 10.4. The molecule has 1 rings (SSSR count). The van der Waals surface area contributed by atoms with Gasteiger partial charge in [0.25, 0.3) is 0 Å². The molecule has 0 saturated carbocycles. The summed E-state index contributed by atoms with van der Waals surface area (Å²) in [6.45, 7) is 2.78. The Labute approximate surface area is 97.9 Å². The fraction of sp³-hybridized carbons (Fsp3) is 0.500. The van der Waals surface area contributed by atoms with E-state index in [1.54, 1.807) is 0 Å². The van der Waals surface area contributed by atoms with Crippen molar-refractivity contribution in [2.24, 2.45) is 5.73 Å². The third-order valence-electron chi connectivity index (χ3n) is 2.64. The van der Waals surface area contributed by atoms with Gasteiger partial charge in [-0.15, -0.1) is 0 Å². The second-order valence-electron chi connectivity index (χ2n) is 4.30. The van der Waals surface area contributed by atoms with Gasteiger partial charge >= 0.3 is 0 Å². The van der Waals surface area contributed by atoms with Crippen molar-refractivity contribution in [3.05, 3.63) is 35.4 Å². The predicted octanol–water partition coefficient (Wildman–Crippen LogP) is 2.63. The van der Waals surface area contributed by atoms with Gasteiger partial charge in [0, 0.05) is 12.8 Å². The highest BCUT2D eigenvalue weighted by atomic mass is 16.1. The maximum Gasteiger partial charge on any atom is 0.137 e. The van der Waals surface area contributed by atoms with E-state index in [1.165, 1.54) is 5.56 Å². The van der Waals surface area contributed by atoms with Crippen LogP contribution in [0.1, 0.15) is 36.8 Å². The fourth-order valence-electron chi connectivity index (χ4n) is 1.78. The van der Waals surface area contributed by atoms with E-state index in [1.807, 2.05) is 12.1 Å². The van der Waals surface area contributed by atoms with E-state index >= 15 is 0 Å². The van der Waals surface area contributed by atoms with Crippen molar-refractivity contribution in [2.45, 2.75) is 39.0 Å². The Morgan fingerprint density at radius 2 is 2.06 bits per heavy atom. The van der Waals surface area contributed by atoms with Crippen LogP contribution in [0, 0.1) is 6.92 Å². The summed E-state index contributed by atoms with van der Waals surface area (Å²) in [5, 5.41) is 0. The Morgan fingerprint density at radius 1 is 1.25 bits per heavy atom. The molecule has 0 saturated heterocycles. The van der Waals surface area contributed by atoms with Crippen molar-refractivity contribution in [3.8, 4) is 0 Å². The number of carbonyl (C=O) groups is 1. The minimum Gasteiger partial charge on any atom is -0.330 e. The van der Waals surface area contributed by atoms with Gasteiger partial charge in [0.1, 0.15) is 5.78 Å². The predicted molar refractivity (Wildman–Crippen MR) is 67.4 cm³/mol. The fourth-order valence-corrected chi connectivity index (χ4v) is 1.78. The van der Waals surface area contributed by atoms with Crippen LogP contribution in [0.2, 0.25) is 0 Å². The number of rotatable bonds is 7. The average Bonchev–Trinajstić information content (AvgIpc) is 2.24. The van der Waals surface area contributed by atoms with Crippen molar-refractivity contribution in [2.75, 3.05) is 6.54 Å². The highest BCUT2D eigenvalue weighted by Crippen LogP contribution is 2.08. The van der Waals surface area contributed by atoms with E-state index in [2.05, 4.69) is 19.1 Å². The highest BCUT2D eigenvalue weighted by molar-refractivity contribution is 5.80. The average molecular weight is 219 g/mol. The minimum atomic E-state index is 0.336. The van der Waals surface area contributed by atoms with Crippen molar-refractivity contribution >= 4 is 5.78 Å². The van der Waals surface area contributed by atoms with Gasteiger partial charge in [-0.1, -0.05) is 36.2 Å². The molecule has 1 aromatic rings. The van der Waals surface area contributed by atoms with E-state index in [-0.39, 0.29) is 0 Å². The molecule has 88 valence electrons. The van der Waals surface area contributed by atoms with Gasteiger partial charge in [-0.2, -0.15) is 0 Å². The van der Waals surface area contributed by atoms with Gasteiger partial charge in [0.2, 0.25) is 0 Å². The maximum absolute atomic E-state index is 11.7. The Balaban J connectivity index is 2.29. The number of carbonyl (C=O) groups excluding carboxylic acids is 1. The van der Waals surface area contributed by atoms with Gasteiger partial charge in [-0.3, -0.25) is 4.79 Å². The molecule has 0 aliphatic carbocycles. The van der Waals surface area contributed by atoms with E-state index in [4.69, 9.17) is 5.73 Å². The first-order valence-electron chi connectivity index (χ1n) is 5.99. The molecule has 0 amide bonds. The van der Waals surface area contributed by atoms with Crippen LogP contribution in [0.25, 0.3) is 0 Å². The number of nitrogens with two attached hydrogens (primary N) is 1. The number of Topliss-reactive ketones (excluding diaryl/α,β-unsaturated/α-hetero) is 1. The molecule has 0 bridgehead atoms. The molecule has 0 aliphatic rings. The minimum absolute atomic E-state index is 0.336. The second-order valence-corrected chi connectivity index (χ2v) is 4.30. The lowest BCUT2D eigenvalue weighted by Gasteiger charge is -2.02. The Morgan fingerprint density at radius 3 is 2.75 bits per heavy atom. The summed E-state index contributed by atoms with van der Waals surface area (Å²) in [5.41, 5.74) is 7.75. The Bertz CT molecular complexity index is 333. The first kappa shape index (κ1) is 12.9. The molecule has 0 unspecified atom stereocenters. The number of hydrogen-bond donors (Lipinski definition) is 1. The van der Waals surface area contributed by atoms with Crippen LogP contribution >= 0.6 is 0 Å². The number of ketones is 1. The van der Waals surface area contributed by atoms with E-state index < -0.39 is 0 Å². The Hall–Kier alpha value is -1.15. The molecule has 2 heteroatoms. The molecule has 0 heterocycles. The van der Waals surface area contributed by atoms with Gasteiger partial charge in [-0.05, 0) is 31.9 Å². The van der Waals surface area contributed by atoms with Crippen LogP contribution < -0.4 is 5.73 Å². The number of unbranched alkanes of at least 4 members (excludes halogenated alkanes) is 2. The van der Waals surface area contributed by atoms with E-state index in [0.717, 1.165) is 31.4 Å². The third-order valence-corrected chi connectivity index (χ3v) is 2.64. The molecule has 1 aromatic carbocycles. The summed E-state index contributed by atoms with van der Waals surface area (Å²) >= 11 is 0. The van der Waals surface area contributed by atoms with Crippen LogP contribution in [0.15, 0.2) is 24.3 Å². The Kier molecular flexibility index (Phi) is 5.79. The molecule has 16 heavy (non-hydrogen) atoms. The van der Waals surface area contributed by atoms with Crippen LogP contribution in [0.3, 0.4) is 0 Å². The summed E-state index contributed by atoms with van der Waals surface area (Å²) < 4.78 is 0. The number of hydrogen-bond acceptors (Lipinski definition) is 2. The summed E-state index contributed by atoms with van der Waals surface area (Å²) in [7, 11) is 0. The van der Waals surface area contributed by atoms with Crippen LogP contribution in [0.4, 0.5) is 0 Å². The summed E-state index contributed by atoms with van der Waals surface area (Å²) in [6.07, 6.45) is 4.33. The molecule has 0 atom stereocenters. The van der Waals surface area contributed by atoms with Crippen LogP contribution in [-0.2, 0) is 11.2 Å². The lowest BCUT2D eigenvalue weighted by molar-refractivity contribution is -0.118. The first-order chi connectivity index (χ1) is 7.72. The smallest absolute Gasteiger partial charge is 0.137 e. The quantitative estimate of drug-likeness (QED) is 0.716. The molecular formula is C14H21NO. The van der Waals surface area contributed by atoms with Gasteiger partial charge in [-0.25, -0.2) is 0 Å². The molecule has 0 spiro atoms. The zero-order valence-corrected chi connectivity index (χ0v) is 10.0. The zero-order chi connectivity index (χ0) is 11.8. The summed E-state index contributed by atoms with van der Waals surface area (Å²) in [5.74, 6) is 0.336.